The maximum atomic E-state index is 11.1. The van der Waals surface area contributed by atoms with Crippen LogP contribution in [0.5, 0.6) is 0 Å². The van der Waals surface area contributed by atoms with E-state index in [1.54, 1.807) is 0 Å². The van der Waals surface area contributed by atoms with E-state index >= 15 is 0 Å². The van der Waals surface area contributed by atoms with Gasteiger partial charge in [0.25, 0.3) is 0 Å². The van der Waals surface area contributed by atoms with Crippen LogP contribution in [-0.4, -0.2) is 17.1 Å². The van der Waals surface area contributed by atoms with E-state index in [0.29, 0.717) is 6.54 Å². The Labute approximate surface area is 110 Å². The molecule has 0 radical (unpaired) electrons. The van der Waals surface area contributed by atoms with Crippen LogP contribution >= 0.6 is 15.9 Å². The summed E-state index contributed by atoms with van der Waals surface area (Å²) in [6.45, 7) is 4.53. The second-order valence-electron chi connectivity index (χ2n) is 4.21. The summed E-state index contributed by atoms with van der Waals surface area (Å²) in [6.07, 6.45) is 0.851. The standard InChI is InChI=1S/C13H18BrNO2/c1-3-9(2)12(13(16)17)15-8-10-4-6-11(14)7-5-10/h4-7,9,12,15H,3,8H2,1-2H3,(H,16,17)/t9-,12-/m0/s1. The van der Waals surface area contributed by atoms with Crippen LogP contribution in [0.25, 0.3) is 0 Å². The van der Waals surface area contributed by atoms with Crippen molar-refractivity contribution in [1.29, 1.82) is 0 Å². The van der Waals surface area contributed by atoms with Gasteiger partial charge in [0.1, 0.15) is 6.04 Å². The molecule has 17 heavy (non-hydrogen) atoms. The molecule has 0 aliphatic heterocycles. The van der Waals surface area contributed by atoms with E-state index in [2.05, 4.69) is 21.2 Å². The summed E-state index contributed by atoms with van der Waals surface area (Å²) in [5, 5.41) is 12.2. The SMILES string of the molecule is CC[C@H](C)[C@H](NCc1ccc(Br)cc1)C(=O)O. The molecule has 1 rings (SSSR count). The fraction of sp³-hybridized carbons (Fsp3) is 0.462. The third-order valence-corrected chi connectivity index (χ3v) is 3.45. The summed E-state index contributed by atoms with van der Waals surface area (Å²) < 4.78 is 1.03. The molecule has 0 amide bonds. The Hall–Kier alpha value is -0.870. The third-order valence-electron chi connectivity index (χ3n) is 2.92. The molecule has 94 valence electrons. The maximum absolute atomic E-state index is 11.1. The minimum Gasteiger partial charge on any atom is -0.480 e. The minimum atomic E-state index is -0.781. The Kier molecular flexibility index (Phi) is 5.65. The lowest BCUT2D eigenvalue weighted by molar-refractivity contribution is -0.140. The molecule has 0 bridgehead atoms. The van der Waals surface area contributed by atoms with E-state index in [1.165, 1.54) is 0 Å². The number of rotatable bonds is 6. The highest BCUT2D eigenvalue weighted by atomic mass is 79.9. The molecule has 0 fully saturated rings. The molecule has 0 aromatic heterocycles. The molecule has 2 atom stereocenters. The molecule has 3 nitrogen and oxygen atoms in total. The van der Waals surface area contributed by atoms with E-state index in [-0.39, 0.29) is 5.92 Å². The third kappa shape index (κ3) is 4.48. The summed E-state index contributed by atoms with van der Waals surface area (Å²) in [5.41, 5.74) is 1.09. The molecule has 2 N–H and O–H groups in total. The van der Waals surface area contributed by atoms with Gasteiger partial charge in [-0.05, 0) is 23.6 Å². The van der Waals surface area contributed by atoms with Crippen molar-refractivity contribution in [3.8, 4) is 0 Å². The van der Waals surface area contributed by atoms with Crippen LogP contribution in [0.3, 0.4) is 0 Å². The first kappa shape index (κ1) is 14.2. The normalized spacial score (nSPS) is 14.3. The van der Waals surface area contributed by atoms with Gasteiger partial charge in [-0.3, -0.25) is 4.79 Å². The van der Waals surface area contributed by atoms with Gasteiger partial charge in [-0.2, -0.15) is 0 Å². The largest absolute Gasteiger partial charge is 0.480 e. The van der Waals surface area contributed by atoms with Crippen molar-refractivity contribution in [3.05, 3.63) is 34.3 Å². The van der Waals surface area contributed by atoms with E-state index in [1.807, 2.05) is 38.1 Å². The van der Waals surface area contributed by atoms with Crippen LogP contribution in [0.2, 0.25) is 0 Å². The van der Waals surface area contributed by atoms with Crippen molar-refractivity contribution in [3.63, 3.8) is 0 Å². The predicted molar refractivity (Wildman–Crippen MR) is 71.9 cm³/mol. The average Bonchev–Trinajstić information content (AvgIpc) is 2.31. The van der Waals surface area contributed by atoms with Gasteiger partial charge in [-0.1, -0.05) is 48.3 Å². The van der Waals surface area contributed by atoms with Crippen molar-refractivity contribution in [2.45, 2.75) is 32.9 Å². The second-order valence-corrected chi connectivity index (χ2v) is 5.12. The molecule has 0 unspecified atom stereocenters. The molecule has 0 heterocycles. The second kappa shape index (κ2) is 6.77. The average molecular weight is 300 g/mol. The molecule has 1 aromatic carbocycles. The van der Waals surface area contributed by atoms with Crippen molar-refractivity contribution >= 4 is 21.9 Å². The zero-order valence-corrected chi connectivity index (χ0v) is 11.7. The van der Waals surface area contributed by atoms with Crippen molar-refractivity contribution < 1.29 is 9.90 Å². The Balaban J connectivity index is 2.57. The van der Waals surface area contributed by atoms with Gasteiger partial charge in [-0.25, -0.2) is 0 Å². The highest BCUT2D eigenvalue weighted by molar-refractivity contribution is 9.10. The lowest BCUT2D eigenvalue weighted by atomic mass is 9.99. The summed E-state index contributed by atoms with van der Waals surface area (Å²) >= 11 is 3.37. The fourth-order valence-corrected chi connectivity index (χ4v) is 1.86. The molecule has 4 heteroatoms. The number of aliphatic carboxylic acids is 1. The highest BCUT2D eigenvalue weighted by Crippen LogP contribution is 2.12. The topological polar surface area (TPSA) is 49.3 Å². The first-order valence-electron chi connectivity index (χ1n) is 5.75. The van der Waals surface area contributed by atoms with Crippen molar-refractivity contribution in [2.75, 3.05) is 0 Å². The number of hydrogen-bond donors (Lipinski definition) is 2. The van der Waals surface area contributed by atoms with E-state index in [0.717, 1.165) is 16.5 Å². The number of hydrogen-bond acceptors (Lipinski definition) is 2. The van der Waals surface area contributed by atoms with Gasteiger partial charge in [0.15, 0.2) is 0 Å². The van der Waals surface area contributed by atoms with Crippen LogP contribution in [0, 0.1) is 5.92 Å². The molecular formula is C13H18BrNO2. The number of carboxylic acid groups (broad SMARTS) is 1. The van der Waals surface area contributed by atoms with Gasteiger partial charge in [0.05, 0.1) is 0 Å². The van der Waals surface area contributed by atoms with Crippen molar-refractivity contribution in [2.24, 2.45) is 5.92 Å². The van der Waals surface area contributed by atoms with Gasteiger partial charge >= 0.3 is 5.97 Å². The van der Waals surface area contributed by atoms with Crippen LogP contribution in [0.1, 0.15) is 25.8 Å². The van der Waals surface area contributed by atoms with Crippen LogP contribution < -0.4 is 5.32 Å². The van der Waals surface area contributed by atoms with Crippen molar-refractivity contribution in [1.82, 2.24) is 5.32 Å². The van der Waals surface area contributed by atoms with E-state index in [9.17, 15) is 4.79 Å². The molecule has 1 aromatic rings. The zero-order valence-electron chi connectivity index (χ0n) is 10.1. The van der Waals surface area contributed by atoms with Gasteiger partial charge in [0.2, 0.25) is 0 Å². The quantitative estimate of drug-likeness (QED) is 0.849. The van der Waals surface area contributed by atoms with E-state index in [4.69, 9.17) is 5.11 Å². The predicted octanol–water partition coefficient (Wildman–Crippen LogP) is 3.04. The molecular weight excluding hydrogens is 282 g/mol. The number of carbonyl (C=O) groups is 1. The summed E-state index contributed by atoms with van der Waals surface area (Å²) in [6, 6.07) is 7.38. The minimum absolute atomic E-state index is 0.128. The van der Waals surface area contributed by atoms with Crippen LogP contribution in [-0.2, 0) is 11.3 Å². The fourth-order valence-electron chi connectivity index (χ4n) is 1.60. The van der Waals surface area contributed by atoms with Gasteiger partial charge < -0.3 is 10.4 Å². The number of benzene rings is 1. The highest BCUT2D eigenvalue weighted by Gasteiger charge is 2.22. The van der Waals surface area contributed by atoms with E-state index < -0.39 is 12.0 Å². The summed E-state index contributed by atoms with van der Waals surface area (Å²) in [7, 11) is 0. The first-order valence-corrected chi connectivity index (χ1v) is 6.54. The Morgan fingerprint density at radius 2 is 2.00 bits per heavy atom. The Bertz CT molecular complexity index is 364. The van der Waals surface area contributed by atoms with Crippen LogP contribution in [0.4, 0.5) is 0 Å². The monoisotopic (exact) mass is 299 g/mol. The molecule has 0 spiro atoms. The number of halogens is 1. The Morgan fingerprint density at radius 1 is 1.41 bits per heavy atom. The van der Waals surface area contributed by atoms with Gasteiger partial charge in [0, 0.05) is 11.0 Å². The maximum Gasteiger partial charge on any atom is 0.320 e. The first-order chi connectivity index (χ1) is 8.04. The molecule has 0 aliphatic rings. The Morgan fingerprint density at radius 3 is 2.47 bits per heavy atom. The smallest absolute Gasteiger partial charge is 0.320 e. The number of carboxylic acids is 1. The molecule has 0 saturated heterocycles. The molecule has 0 aliphatic carbocycles. The molecule has 0 saturated carbocycles. The summed E-state index contributed by atoms with van der Waals surface area (Å²) in [5.74, 6) is -0.653. The van der Waals surface area contributed by atoms with Crippen LogP contribution in [0.15, 0.2) is 28.7 Å². The number of nitrogens with one attached hydrogen (secondary N) is 1. The van der Waals surface area contributed by atoms with Gasteiger partial charge in [-0.15, -0.1) is 0 Å². The summed E-state index contributed by atoms with van der Waals surface area (Å²) in [4.78, 5) is 11.1. The lowest BCUT2D eigenvalue weighted by Crippen LogP contribution is -2.41. The lowest BCUT2D eigenvalue weighted by Gasteiger charge is -2.20. The zero-order chi connectivity index (χ0) is 12.8.